The van der Waals surface area contributed by atoms with E-state index in [1.165, 1.54) is 12.0 Å². The summed E-state index contributed by atoms with van der Waals surface area (Å²) < 4.78 is 5.58. The molecule has 2 heterocycles. The largest absolute Gasteiger partial charge is 0.459 e. The predicted octanol–water partition coefficient (Wildman–Crippen LogP) is 3.97. The van der Waals surface area contributed by atoms with E-state index in [1.807, 2.05) is 12.1 Å². The number of hydrogen-bond acceptors (Lipinski definition) is 4. The molecule has 0 saturated carbocycles. The van der Waals surface area contributed by atoms with Gasteiger partial charge in [0.2, 0.25) is 6.23 Å². The second kappa shape index (κ2) is 7.77. The molecular formula is C19H22N2O2. The number of Topliss-reactive ketones (excluding diaryl/α,β-unsaturated/α-hetero) is 1. The molecule has 1 aromatic carbocycles. The van der Waals surface area contributed by atoms with E-state index in [-0.39, 0.29) is 5.78 Å². The monoisotopic (exact) mass is 310 g/mol. The van der Waals surface area contributed by atoms with Gasteiger partial charge in [-0.2, -0.15) is 0 Å². The van der Waals surface area contributed by atoms with Crippen LogP contribution in [-0.2, 0) is 11.2 Å². The Bertz CT molecular complexity index is 618. The number of aromatic nitrogens is 1. The molecule has 2 aromatic rings. The molecule has 0 radical (unpaired) electrons. The maximum absolute atomic E-state index is 12.2. The van der Waals surface area contributed by atoms with Crippen molar-refractivity contribution in [2.24, 2.45) is 0 Å². The average molecular weight is 310 g/mol. The number of fused-ring (bicyclic) bond motifs is 1. The highest BCUT2D eigenvalue weighted by Crippen LogP contribution is 2.29. The first kappa shape index (κ1) is 15.5. The van der Waals surface area contributed by atoms with Crippen LogP contribution in [0.25, 0.3) is 0 Å². The van der Waals surface area contributed by atoms with Crippen LogP contribution < -0.4 is 10.1 Å². The Kier molecular flexibility index (Phi) is 5.25. The summed E-state index contributed by atoms with van der Waals surface area (Å²) in [6.45, 7) is 0. The van der Waals surface area contributed by atoms with Gasteiger partial charge in [-0.15, -0.1) is 0 Å². The number of rotatable bonds is 8. The molecule has 4 heteroatoms. The Balaban J connectivity index is 1.30. The maximum atomic E-state index is 12.2. The zero-order valence-corrected chi connectivity index (χ0v) is 13.2. The minimum atomic E-state index is -0.566. The van der Waals surface area contributed by atoms with Gasteiger partial charge in [0.25, 0.3) is 0 Å². The average Bonchev–Trinajstić information content (AvgIpc) is 3.03. The van der Waals surface area contributed by atoms with Crippen LogP contribution >= 0.6 is 0 Å². The molecule has 0 spiro atoms. The van der Waals surface area contributed by atoms with Crippen LogP contribution in [0, 0.1) is 0 Å². The van der Waals surface area contributed by atoms with E-state index in [9.17, 15) is 4.79 Å². The van der Waals surface area contributed by atoms with Crippen LogP contribution in [0.2, 0.25) is 0 Å². The topological polar surface area (TPSA) is 51.2 Å². The molecule has 1 aliphatic heterocycles. The zero-order valence-electron chi connectivity index (χ0n) is 13.2. The van der Waals surface area contributed by atoms with Gasteiger partial charge in [0, 0.05) is 12.6 Å². The van der Waals surface area contributed by atoms with Crippen LogP contribution in [0.1, 0.15) is 37.7 Å². The molecule has 120 valence electrons. The minimum Gasteiger partial charge on any atom is -0.459 e. The van der Waals surface area contributed by atoms with Crippen molar-refractivity contribution in [3.8, 4) is 5.75 Å². The number of nitrogens with zero attached hydrogens (tertiary/aromatic N) is 1. The van der Waals surface area contributed by atoms with Crippen LogP contribution in [0.4, 0.5) is 5.82 Å². The number of benzene rings is 1. The van der Waals surface area contributed by atoms with Gasteiger partial charge >= 0.3 is 0 Å². The Hall–Kier alpha value is -2.36. The molecule has 1 aliphatic rings. The van der Waals surface area contributed by atoms with Crippen molar-refractivity contribution < 1.29 is 9.53 Å². The van der Waals surface area contributed by atoms with Crippen LogP contribution in [0.15, 0.2) is 48.7 Å². The van der Waals surface area contributed by atoms with E-state index in [0.717, 1.165) is 25.7 Å². The summed E-state index contributed by atoms with van der Waals surface area (Å²) in [5.74, 6) is 1.42. The molecule has 1 atom stereocenters. The summed E-state index contributed by atoms with van der Waals surface area (Å²) in [7, 11) is 0. The molecule has 0 fully saturated rings. The highest BCUT2D eigenvalue weighted by atomic mass is 16.5. The van der Waals surface area contributed by atoms with Gasteiger partial charge in [-0.05, 0) is 37.0 Å². The SMILES string of the molecule is O=C(CCCCCCc1ccccc1)C1Nc2ncccc2O1. The summed E-state index contributed by atoms with van der Waals surface area (Å²) in [4.78, 5) is 16.3. The van der Waals surface area contributed by atoms with Crippen molar-refractivity contribution in [2.45, 2.75) is 44.8 Å². The third kappa shape index (κ3) is 4.31. The fraction of sp³-hybridized carbons (Fsp3) is 0.368. The third-order valence-electron chi connectivity index (χ3n) is 4.06. The van der Waals surface area contributed by atoms with Crippen molar-refractivity contribution in [2.75, 3.05) is 5.32 Å². The standard InChI is InChI=1S/C19H22N2O2/c22-16(19-21-18-17(23-19)13-8-14-20-18)12-7-2-1-4-9-15-10-5-3-6-11-15/h3,5-6,8,10-11,13-14,19H,1-2,4,7,9,12H2,(H,20,21). The Morgan fingerprint density at radius 1 is 1.04 bits per heavy atom. The molecular weight excluding hydrogens is 288 g/mol. The lowest BCUT2D eigenvalue weighted by molar-refractivity contribution is -0.124. The highest BCUT2D eigenvalue weighted by molar-refractivity contribution is 5.87. The Morgan fingerprint density at radius 3 is 2.70 bits per heavy atom. The number of carbonyl (C=O) groups excluding carboxylic acids is 1. The van der Waals surface area contributed by atoms with Gasteiger partial charge in [0.1, 0.15) is 0 Å². The second-order valence-corrected chi connectivity index (χ2v) is 5.86. The van der Waals surface area contributed by atoms with E-state index >= 15 is 0 Å². The lowest BCUT2D eigenvalue weighted by Crippen LogP contribution is -2.30. The first-order valence-corrected chi connectivity index (χ1v) is 8.28. The first-order valence-electron chi connectivity index (χ1n) is 8.28. The van der Waals surface area contributed by atoms with Crippen molar-refractivity contribution in [1.82, 2.24) is 4.98 Å². The zero-order chi connectivity index (χ0) is 15.9. The number of ether oxygens (including phenoxy) is 1. The van der Waals surface area contributed by atoms with Crippen LogP contribution in [0.5, 0.6) is 5.75 Å². The van der Waals surface area contributed by atoms with E-state index in [2.05, 4.69) is 34.6 Å². The maximum Gasteiger partial charge on any atom is 0.230 e. The van der Waals surface area contributed by atoms with Crippen molar-refractivity contribution in [1.29, 1.82) is 0 Å². The lowest BCUT2D eigenvalue weighted by atomic mass is 10.0. The molecule has 4 nitrogen and oxygen atoms in total. The first-order chi connectivity index (χ1) is 11.3. The molecule has 0 bridgehead atoms. The van der Waals surface area contributed by atoms with Crippen LogP contribution in [0.3, 0.4) is 0 Å². The third-order valence-corrected chi connectivity index (χ3v) is 4.06. The molecule has 3 rings (SSSR count). The van der Waals surface area contributed by atoms with Gasteiger partial charge in [-0.25, -0.2) is 4.98 Å². The number of hydrogen-bond donors (Lipinski definition) is 1. The van der Waals surface area contributed by atoms with E-state index in [1.54, 1.807) is 12.3 Å². The smallest absolute Gasteiger partial charge is 0.230 e. The molecule has 0 aliphatic carbocycles. The molecule has 0 saturated heterocycles. The highest BCUT2D eigenvalue weighted by Gasteiger charge is 2.28. The van der Waals surface area contributed by atoms with Gasteiger partial charge in [-0.1, -0.05) is 43.2 Å². The number of unbranched alkanes of at least 4 members (excludes halogenated alkanes) is 3. The van der Waals surface area contributed by atoms with E-state index < -0.39 is 6.23 Å². The van der Waals surface area contributed by atoms with E-state index in [0.29, 0.717) is 18.0 Å². The van der Waals surface area contributed by atoms with Crippen molar-refractivity contribution in [3.63, 3.8) is 0 Å². The number of nitrogens with one attached hydrogen (secondary N) is 1. The number of aryl methyl sites for hydroxylation is 1. The Morgan fingerprint density at radius 2 is 1.87 bits per heavy atom. The number of pyridine rings is 1. The summed E-state index contributed by atoms with van der Waals surface area (Å²) in [5.41, 5.74) is 1.39. The summed E-state index contributed by atoms with van der Waals surface area (Å²) in [5, 5.41) is 3.02. The van der Waals surface area contributed by atoms with Gasteiger partial charge in [0.15, 0.2) is 17.4 Å². The molecule has 1 N–H and O–H groups in total. The number of anilines is 1. The predicted molar refractivity (Wildman–Crippen MR) is 90.5 cm³/mol. The molecule has 23 heavy (non-hydrogen) atoms. The molecule has 0 amide bonds. The van der Waals surface area contributed by atoms with Crippen LogP contribution in [-0.4, -0.2) is 17.0 Å². The molecule has 1 aromatic heterocycles. The normalized spacial score (nSPS) is 15.6. The Labute approximate surface area is 136 Å². The molecule has 1 unspecified atom stereocenters. The quantitative estimate of drug-likeness (QED) is 0.749. The van der Waals surface area contributed by atoms with E-state index in [4.69, 9.17) is 4.74 Å². The van der Waals surface area contributed by atoms with Gasteiger partial charge in [-0.3, -0.25) is 4.79 Å². The second-order valence-electron chi connectivity index (χ2n) is 5.86. The summed E-state index contributed by atoms with van der Waals surface area (Å²) in [6.07, 6.45) is 7.11. The fourth-order valence-corrected chi connectivity index (χ4v) is 2.78. The van der Waals surface area contributed by atoms with Crippen molar-refractivity contribution in [3.05, 3.63) is 54.2 Å². The van der Waals surface area contributed by atoms with Gasteiger partial charge < -0.3 is 10.1 Å². The van der Waals surface area contributed by atoms with Crippen molar-refractivity contribution >= 4 is 11.6 Å². The number of ketones is 1. The number of carbonyl (C=O) groups is 1. The minimum absolute atomic E-state index is 0.103. The fourth-order valence-electron chi connectivity index (χ4n) is 2.78. The summed E-state index contributed by atoms with van der Waals surface area (Å²) >= 11 is 0. The lowest BCUT2D eigenvalue weighted by Gasteiger charge is -2.09. The van der Waals surface area contributed by atoms with Gasteiger partial charge in [0.05, 0.1) is 0 Å². The summed E-state index contributed by atoms with van der Waals surface area (Å²) in [6, 6.07) is 14.2.